The molecule has 0 radical (unpaired) electrons. The van der Waals surface area contributed by atoms with Gasteiger partial charge in [-0.2, -0.15) is 4.98 Å². The van der Waals surface area contributed by atoms with Gasteiger partial charge in [0.2, 0.25) is 11.7 Å². The molecule has 0 bridgehead atoms. The second kappa shape index (κ2) is 9.61. The van der Waals surface area contributed by atoms with Crippen molar-refractivity contribution in [2.75, 3.05) is 20.1 Å². The van der Waals surface area contributed by atoms with Crippen LogP contribution in [0.1, 0.15) is 11.5 Å². The molecule has 0 aliphatic carbocycles. The summed E-state index contributed by atoms with van der Waals surface area (Å²) in [6, 6.07) is 12.0. The Morgan fingerprint density at radius 1 is 1.13 bits per heavy atom. The molecule has 0 atom stereocenters. The van der Waals surface area contributed by atoms with E-state index in [1.807, 2.05) is 18.3 Å². The summed E-state index contributed by atoms with van der Waals surface area (Å²) in [5, 5.41) is 12.1. The van der Waals surface area contributed by atoms with Crippen molar-refractivity contribution in [1.29, 1.82) is 0 Å². The molecular weight excluding hydrogens is 419 g/mol. The van der Waals surface area contributed by atoms with Gasteiger partial charge >= 0.3 is 0 Å². The van der Waals surface area contributed by atoms with E-state index in [1.165, 1.54) is 6.07 Å². The average Bonchev–Trinajstić information content (AvgIpc) is 3.40. The first-order chi connectivity index (χ1) is 15.1. The molecule has 0 saturated carbocycles. The molecule has 0 aliphatic heterocycles. The highest BCUT2D eigenvalue weighted by atomic mass is 35.5. The number of aromatic amines is 1. The Kier molecular flexibility index (Phi) is 6.47. The fraction of sp³-hybridized carbons (Fsp3) is 0.227. The molecule has 4 aromatic rings. The molecular formula is C22H22ClFN6O. The number of H-pyrrole nitrogens is 1. The SMILES string of the molecule is CN=C(NCCc1nc(-c2ccc(Cl)cc2)no1)NCCc1c[nH]c2ccc(F)cc12. The molecule has 0 unspecified atom stereocenters. The minimum atomic E-state index is -0.237. The lowest BCUT2D eigenvalue weighted by atomic mass is 10.1. The zero-order chi connectivity index (χ0) is 21.6. The van der Waals surface area contributed by atoms with Crippen LogP contribution < -0.4 is 10.6 Å². The molecule has 2 aromatic carbocycles. The fourth-order valence-corrected chi connectivity index (χ4v) is 3.38. The summed E-state index contributed by atoms with van der Waals surface area (Å²) < 4.78 is 18.8. The van der Waals surface area contributed by atoms with Gasteiger partial charge in [-0.1, -0.05) is 16.8 Å². The third-order valence-corrected chi connectivity index (χ3v) is 5.09. The number of fused-ring (bicyclic) bond motifs is 1. The number of nitrogens with one attached hydrogen (secondary N) is 3. The van der Waals surface area contributed by atoms with E-state index in [-0.39, 0.29) is 5.82 Å². The number of hydrogen-bond donors (Lipinski definition) is 3. The van der Waals surface area contributed by atoms with Crippen LogP contribution >= 0.6 is 11.6 Å². The molecule has 0 saturated heterocycles. The smallest absolute Gasteiger partial charge is 0.228 e. The number of hydrogen-bond acceptors (Lipinski definition) is 4. The van der Waals surface area contributed by atoms with Gasteiger partial charge in [0.1, 0.15) is 5.82 Å². The molecule has 0 aliphatic rings. The van der Waals surface area contributed by atoms with Crippen LogP contribution in [0.3, 0.4) is 0 Å². The van der Waals surface area contributed by atoms with E-state index >= 15 is 0 Å². The lowest BCUT2D eigenvalue weighted by molar-refractivity contribution is 0.378. The van der Waals surface area contributed by atoms with Crippen LogP contribution in [0.2, 0.25) is 5.02 Å². The first-order valence-electron chi connectivity index (χ1n) is 9.91. The molecule has 3 N–H and O–H groups in total. The minimum Gasteiger partial charge on any atom is -0.361 e. The van der Waals surface area contributed by atoms with Crippen molar-refractivity contribution in [2.24, 2.45) is 4.99 Å². The van der Waals surface area contributed by atoms with Gasteiger partial charge in [-0.15, -0.1) is 0 Å². The summed E-state index contributed by atoms with van der Waals surface area (Å²) in [6.07, 6.45) is 3.21. The second-order valence-corrected chi connectivity index (χ2v) is 7.38. The lowest BCUT2D eigenvalue weighted by Gasteiger charge is -2.10. The van der Waals surface area contributed by atoms with Crippen LogP contribution in [-0.4, -0.2) is 41.2 Å². The van der Waals surface area contributed by atoms with E-state index in [4.69, 9.17) is 16.1 Å². The molecule has 160 valence electrons. The van der Waals surface area contributed by atoms with E-state index < -0.39 is 0 Å². The van der Waals surface area contributed by atoms with Crippen molar-refractivity contribution < 1.29 is 8.91 Å². The Morgan fingerprint density at radius 2 is 1.90 bits per heavy atom. The molecule has 0 fully saturated rings. The van der Waals surface area contributed by atoms with E-state index in [9.17, 15) is 4.39 Å². The number of aromatic nitrogens is 3. The summed E-state index contributed by atoms with van der Waals surface area (Å²) in [5.74, 6) is 1.50. The summed E-state index contributed by atoms with van der Waals surface area (Å²) in [7, 11) is 1.71. The second-order valence-electron chi connectivity index (χ2n) is 6.95. The van der Waals surface area contributed by atoms with E-state index in [0.717, 1.165) is 28.5 Å². The first kappa shape index (κ1) is 20.9. The van der Waals surface area contributed by atoms with Crippen molar-refractivity contribution in [3.63, 3.8) is 0 Å². The van der Waals surface area contributed by atoms with Crippen LogP contribution in [0.4, 0.5) is 4.39 Å². The van der Waals surface area contributed by atoms with Crippen LogP contribution in [0, 0.1) is 5.82 Å². The predicted octanol–water partition coefficient (Wildman–Crippen LogP) is 3.96. The van der Waals surface area contributed by atoms with Crippen molar-refractivity contribution >= 4 is 28.5 Å². The van der Waals surface area contributed by atoms with Crippen LogP contribution in [0.15, 0.2) is 58.2 Å². The maximum absolute atomic E-state index is 13.5. The monoisotopic (exact) mass is 440 g/mol. The molecule has 31 heavy (non-hydrogen) atoms. The summed E-state index contributed by atoms with van der Waals surface area (Å²) in [6.45, 7) is 1.24. The lowest BCUT2D eigenvalue weighted by Crippen LogP contribution is -2.39. The normalized spacial score (nSPS) is 11.8. The summed E-state index contributed by atoms with van der Waals surface area (Å²) in [5.41, 5.74) is 2.83. The van der Waals surface area contributed by atoms with Crippen molar-refractivity contribution in [2.45, 2.75) is 12.8 Å². The Balaban J connectivity index is 1.24. The molecule has 7 nitrogen and oxygen atoms in total. The Bertz CT molecular complexity index is 1180. The van der Waals surface area contributed by atoms with E-state index in [1.54, 1.807) is 31.3 Å². The number of aliphatic imine (C=N–C) groups is 1. The van der Waals surface area contributed by atoms with Gasteiger partial charge in [0.05, 0.1) is 0 Å². The first-order valence-corrected chi connectivity index (χ1v) is 10.3. The van der Waals surface area contributed by atoms with Gasteiger partial charge in [0, 0.05) is 54.2 Å². The maximum Gasteiger partial charge on any atom is 0.228 e. The van der Waals surface area contributed by atoms with E-state index in [0.29, 0.717) is 42.2 Å². The Hall–Kier alpha value is -3.39. The topological polar surface area (TPSA) is 91.1 Å². The minimum absolute atomic E-state index is 0.237. The fourth-order valence-electron chi connectivity index (χ4n) is 3.25. The molecule has 9 heteroatoms. The highest BCUT2D eigenvalue weighted by Gasteiger charge is 2.09. The van der Waals surface area contributed by atoms with Gasteiger partial charge in [-0.05, 0) is 54.4 Å². The van der Waals surface area contributed by atoms with Gasteiger partial charge in [0.25, 0.3) is 0 Å². The molecule has 2 heterocycles. The zero-order valence-corrected chi connectivity index (χ0v) is 17.7. The van der Waals surface area contributed by atoms with Gasteiger partial charge < -0.3 is 20.1 Å². The molecule has 2 aromatic heterocycles. The summed E-state index contributed by atoms with van der Waals surface area (Å²) in [4.78, 5) is 11.8. The number of benzene rings is 2. The quantitative estimate of drug-likeness (QED) is 0.299. The highest BCUT2D eigenvalue weighted by molar-refractivity contribution is 6.30. The Morgan fingerprint density at radius 3 is 2.68 bits per heavy atom. The third-order valence-electron chi connectivity index (χ3n) is 4.84. The van der Waals surface area contributed by atoms with Crippen molar-refractivity contribution in [1.82, 2.24) is 25.8 Å². The highest BCUT2D eigenvalue weighted by Crippen LogP contribution is 2.20. The molecule has 4 rings (SSSR count). The van der Waals surface area contributed by atoms with Crippen LogP contribution in [0.25, 0.3) is 22.3 Å². The van der Waals surface area contributed by atoms with Crippen LogP contribution in [0.5, 0.6) is 0 Å². The van der Waals surface area contributed by atoms with Gasteiger partial charge in [-0.25, -0.2) is 4.39 Å². The third kappa shape index (κ3) is 5.21. The molecule has 0 amide bonds. The van der Waals surface area contributed by atoms with Gasteiger partial charge in [0.15, 0.2) is 5.96 Å². The largest absolute Gasteiger partial charge is 0.361 e. The average molecular weight is 441 g/mol. The zero-order valence-electron chi connectivity index (χ0n) is 17.0. The molecule has 0 spiro atoms. The maximum atomic E-state index is 13.5. The predicted molar refractivity (Wildman–Crippen MR) is 120 cm³/mol. The van der Waals surface area contributed by atoms with E-state index in [2.05, 4.69) is 30.8 Å². The van der Waals surface area contributed by atoms with Crippen molar-refractivity contribution in [3.05, 3.63) is 71.0 Å². The number of nitrogens with zero attached hydrogens (tertiary/aromatic N) is 3. The summed E-state index contributed by atoms with van der Waals surface area (Å²) >= 11 is 5.91. The van der Waals surface area contributed by atoms with Gasteiger partial charge in [-0.3, -0.25) is 4.99 Å². The Labute approximate surface area is 183 Å². The standard InChI is InChI=1S/C22H22ClFN6O/c1-25-22(26-10-8-15-13-28-19-7-6-17(24)12-18(15)19)27-11-9-20-29-21(30-31-20)14-2-4-16(23)5-3-14/h2-7,12-13,28H,8-11H2,1H3,(H2,25,26,27). The number of halogens is 2. The van der Waals surface area contributed by atoms with Crippen LogP contribution in [-0.2, 0) is 12.8 Å². The number of guanidine groups is 1. The van der Waals surface area contributed by atoms with Crippen molar-refractivity contribution in [3.8, 4) is 11.4 Å². The number of rotatable bonds is 7.